The number of hydrogen-bond donors (Lipinski definition) is 2. The van der Waals surface area contributed by atoms with E-state index in [0.29, 0.717) is 17.3 Å². The molecule has 2 N–H and O–H groups in total. The molecular formula is C17H19ClN2O2. The van der Waals surface area contributed by atoms with Crippen LogP contribution in [0, 0.1) is 6.92 Å². The third-order valence-electron chi connectivity index (χ3n) is 3.23. The van der Waals surface area contributed by atoms with Gasteiger partial charge in [-0.2, -0.15) is 0 Å². The van der Waals surface area contributed by atoms with Crippen LogP contribution in [0.25, 0.3) is 0 Å². The molecule has 2 aromatic carbocycles. The summed E-state index contributed by atoms with van der Waals surface area (Å²) >= 11 is 6.05. The highest BCUT2D eigenvalue weighted by Gasteiger charge is 2.06. The molecule has 0 aliphatic carbocycles. The number of amides is 1. The quantitative estimate of drug-likeness (QED) is 0.858. The van der Waals surface area contributed by atoms with E-state index in [9.17, 15) is 4.79 Å². The SMILES string of the molecule is COc1ccc(C)cc1NCC(=O)NCc1ccccc1Cl. The lowest BCUT2D eigenvalue weighted by atomic mass is 10.2. The second-order valence-corrected chi connectivity index (χ2v) is 5.33. The van der Waals surface area contributed by atoms with E-state index in [1.165, 1.54) is 0 Å². The first-order valence-electron chi connectivity index (χ1n) is 6.99. The number of rotatable bonds is 6. The summed E-state index contributed by atoms with van der Waals surface area (Å²) in [7, 11) is 1.60. The number of methoxy groups -OCH3 is 1. The smallest absolute Gasteiger partial charge is 0.239 e. The zero-order chi connectivity index (χ0) is 15.9. The topological polar surface area (TPSA) is 50.4 Å². The van der Waals surface area contributed by atoms with Gasteiger partial charge >= 0.3 is 0 Å². The van der Waals surface area contributed by atoms with Crippen LogP contribution in [0.2, 0.25) is 5.02 Å². The second-order valence-electron chi connectivity index (χ2n) is 4.93. The Labute approximate surface area is 135 Å². The minimum atomic E-state index is -0.108. The Morgan fingerprint density at radius 1 is 1.23 bits per heavy atom. The third-order valence-corrected chi connectivity index (χ3v) is 3.60. The van der Waals surface area contributed by atoms with Gasteiger partial charge in [0, 0.05) is 11.6 Å². The minimum Gasteiger partial charge on any atom is -0.495 e. The first kappa shape index (κ1) is 16.2. The molecule has 4 nitrogen and oxygen atoms in total. The summed E-state index contributed by atoms with van der Waals surface area (Å²) in [5.74, 6) is 0.605. The Morgan fingerprint density at radius 3 is 2.73 bits per heavy atom. The molecule has 0 bridgehead atoms. The van der Waals surface area contributed by atoms with Crippen LogP contribution in [0.5, 0.6) is 5.75 Å². The van der Waals surface area contributed by atoms with Gasteiger partial charge in [0.15, 0.2) is 0 Å². The summed E-state index contributed by atoms with van der Waals surface area (Å²) in [6.45, 7) is 2.57. The Balaban J connectivity index is 1.88. The maximum Gasteiger partial charge on any atom is 0.239 e. The molecular weight excluding hydrogens is 300 g/mol. The number of halogens is 1. The van der Waals surface area contributed by atoms with E-state index in [1.807, 2.05) is 43.3 Å². The van der Waals surface area contributed by atoms with Crippen LogP contribution >= 0.6 is 11.6 Å². The van der Waals surface area contributed by atoms with Crippen molar-refractivity contribution in [3.05, 3.63) is 58.6 Å². The van der Waals surface area contributed by atoms with E-state index in [0.717, 1.165) is 16.8 Å². The largest absolute Gasteiger partial charge is 0.495 e. The highest BCUT2D eigenvalue weighted by molar-refractivity contribution is 6.31. The van der Waals surface area contributed by atoms with E-state index in [4.69, 9.17) is 16.3 Å². The van der Waals surface area contributed by atoms with Crippen molar-refractivity contribution in [2.75, 3.05) is 19.0 Å². The normalized spacial score (nSPS) is 10.1. The molecule has 0 unspecified atom stereocenters. The molecule has 2 rings (SSSR count). The van der Waals surface area contributed by atoms with E-state index in [1.54, 1.807) is 13.2 Å². The molecule has 0 aliphatic heterocycles. The van der Waals surface area contributed by atoms with Crippen LogP contribution in [-0.2, 0) is 11.3 Å². The van der Waals surface area contributed by atoms with Gasteiger partial charge in [0.2, 0.25) is 5.91 Å². The molecule has 5 heteroatoms. The van der Waals surface area contributed by atoms with Gasteiger partial charge in [-0.25, -0.2) is 0 Å². The molecule has 0 aromatic heterocycles. The summed E-state index contributed by atoms with van der Waals surface area (Å²) in [5, 5.41) is 6.57. The zero-order valence-electron chi connectivity index (χ0n) is 12.7. The fourth-order valence-corrected chi connectivity index (χ4v) is 2.24. The monoisotopic (exact) mass is 318 g/mol. The average Bonchev–Trinajstić information content (AvgIpc) is 2.52. The number of aryl methyl sites for hydroxylation is 1. The lowest BCUT2D eigenvalue weighted by Gasteiger charge is -2.12. The Hall–Kier alpha value is -2.20. The van der Waals surface area contributed by atoms with E-state index in [-0.39, 0.29) is 12.5 Å². The fourth-order valence-electron chi connectivity index (χ4n) is 2.03. The second kappa shape index (κ2) is 7.71. The summed E-state index contributed by atoms with van der Waals surface area (Å²) < 4.78 is 5.27. The molecule has 0 saturated carbocycles. The maximum absolute atomic E-state index is 11.9. The van der Waals surface area contributed by atoms with Gasteiger partial charge in [-0.05, 0) is 36.2 Å². The van der Waals surface area contributed by atoms with Crippen molar-refractivity contribution in [2.24, 2.45) is 0 Å². The lowest BCUT2D eigenvalue weighted by molar-refractivity contribution is -0.119. The molecule has 116 valence electrons. The number of nitrogens with one attached hydrogen (secondary N) is 2. The maximum atomic E-state index is 11.9. The van der Waals surface area contributed by atoms with Crippen LogP contribution < -0.4 is 15.4 Å². The van der Waals surface area contributed by atoms with Gasteiger partial charge in [-0.1, -0.05) is 35.9 Å². The van der Waals surface area contributed by atoms with Crippen LogP contribution in [0.15, 0.2) is 42.5 Å². The molecule has 1 amide bonds. The average molecular weight is 319 g/mol. The molecule has 0 aliphatic rings. The van der Waals surface area contributed by atoms with Crippen molar-refractivity contribution in [2.45, 2.75) is 13.5 Å². The van der Waals surface area contributed by atoms with Crippen molar-refractivity contribution < 1.29 is 9.53 Å². The van der Waals surface area contributed by atoms with Crippen LogP contribution in [0.3, 0.4) is 0 Å². The Bertz CT molecular complexity index is 659. The van der Waals surface area contributed by atoms with Crippen LogP contribution in [0.1, 0.15) is 11.1 Å². The van der Waals surface area contributed by atoms with Gasteiger partial charge < -0.3 is 15.4 Å². The number of hydrogen-bond acceptors (Lipinski definition) is 3. The van der Waals surface area contributed by atoms with Crippen molar-refractivity contribution in [1.29, 1.82) is 0 Å². The number of carbonyl (C=O) groups is 1. The van der Waals surface area contributed by atoms with Crippen molar-refractivity contribution in [3.63, 3.8) is 0 Å². The van der Waals surface area contributed by atoms with E-state index < -0.39 is 0 Å². The molecule has 0 spiro atoms. The molecule has 0 radical (unpaired) electrons. The molecule has 22 heavy (non-hydrogen) atoms. The zero-order valence-corrected chi connectivity index (χ0v) is 13.4. The molecule has 0 atom stereocenters. The van der Waals surface area contributed by atoms with E-state index in [2.05, 4.69) is 10.6 Å². The van der Waals surface area contributed by atoms with Crippen molar-refractivity contribution in [1.82, 2.24) is 5.32 Å². The highest BCUT2D eigenvalue weighted by Crippen LogP contribution is 2.24. The summed E-state index contributed by atoms with van der Waals surface area (Å²) in [6, 6.07) is 13.2. The number of anilines is 1. The molecule has 0 fully saturated rings. The van der Waals surface area contributed by atoms with Gasteiger partial charge in [-0.15, -0.1) is 0 Å². The fraction of sp³-hybridized carbons (Fsp3) is 0.235. The number of carbonyl (C=O) groups excluding carboxylic acids is 1. The Kier molecular flexibility index (Phi) is 5.67. The minimum absolute atomic E-state index is 0.108. The summed E-state index contributed by atoms with van der Waals surface area (Å²) in [5.41, 5.74) is 2.79. The predicted molar refractivity (Wildman–Crippen MR) is 89.5 cm³/mol. The van der Waals surface area contributed by atoms with Gasteiger partial charge in [-0.3, -0.25) is 4.79 Å². The van der Waals surface area contributed by atoms with Gasteiger partial charge in [0.05, 0.1) is 19.3 Å². The number of benzene rings is 2. The standard InChI is InChI=1S/C17H19ClN2O2/c1-12-7-8-16(22-2)15(9-12)19-11-17(21)20-10-13-5-3-4-6-14(13)18/h3-9,19H,10-11H2,1-2H3,(H,20,21). The van der Waals surface area contributed by atoms with Gasteiger partial charge in [0.25, 0.3) is 0 Å². The third kappa shape index (κ3) is 4.40. The van der Waals surface area contributed by atoms with Crippen molar-refractivity contribution >= 4 is 23.2 Å². The summed E-state index contributed by atoms with van der Waals surface area (Å²) in [6.07, 6.45) is 0. The predicted octanol–water partition coefficient (Wildman–Crippen LogP) is 3.39. The lowest BCUT2D eigenvalue weighted by Crippen LogP contribution is -2.29. The summed E-state index contributed by atoms with van der Waals surface area (Å²) in [4.78, 5) is 11.9. The van der Waals surface area contributed by atoms with Crippen LogP contribution in [-0.4, -0.2) is 19.6 Å². The van der Waals surface area contributed by atoms with E-state index >= 15 is 0 Å². The number of ether oxygens (including phenoxy) is 1. The molecule has 0 heterocycles. The van der Waals surface area contributed by atoms with Gasteiger partial charge in [0.1, 0.15) is 5.75 Å². The highest BCUT2D eigenvalue weighted by atomic mass is 35.5. The van der Waals surface area contributed by atoms with Crippen molar-refractivity contribution in [3.8, 4) is 5.75 Å². The first-order valence-corrected chi connectivity index (χ1v) is 7.36. The van der Waals surface area contributed by atoms with Crippen LogP contribution in [0.4, 0.5) is 5.69 Å². The molecule has 2 aromatic rings. The molecule has 0 saturated heterocycles. The Morgan fingerprint density at radius 2 is 2.00 bits per heavy atom. The first-order chi connectivity index (χ1) is 10.6.